The van der Waals surface area contributed by atoms with Crippen LogP contribution in [0.3, 0.4) is 0 Å². The first-order valence-corrected chi connectivity index (χ1v) is 9.32. The van der Waals surface area contributed by atoms with Gasteiger partial charge in [-0.25, -0.2) is 0 Å². The highest BCUT2D eigenvalue weighted by molar-refractivity contribution is 6.33. The van der Waals surface area contributed by atoms with Crippen LogP contribution in [0.1, 0.15) is 23.7 Å². The van der Waals surface area contributed by atoms with E-state index in [0.29, 0.717) is 26.1 Å². The van der Waals surface area contributed by atoms with Gasteiger partial charge in [-0.3, -0.25) is 14.5 Å². The number of halogens is 1. The predicted molar refractivity (Wildman–Crippen MR) is 104 cm³/mol. The van der Waals surface area contributed by atoms with E-state index < -0.39 is 0 Å². The van der Waals surface area contributed by atoms with Gasteiger partial charge in [-0.2, -0.15) is 4.98 Å². The molecule has 0 aromatic carbocycles. The molecule has 3 N–H and O–H groups in total. The number of nitrogens with two attached hydrogens (primary N) is 1. The Morgan fingerprint density at radius 1 is 1.43 bits per heavy atom. The number of nitrogens with one attached hydrogen (secondary N) is 1. The summed E-state index contributed by atoms with van der Waals surface area (Å²) in [6, 6.07) is 1.23. The fourth-order valence-corrected chi connectivity index (χ4v) is 3.41. The van der Waals surface area contributed by atoms with Crippen LogP contribution in [-0.4, -0.2) is 74.9 Å². The Morgan fingerprint density at radius 2 is 2.14 bits per heavy atom. The zero-order chi connectivity index (χ0) is 20.8. The third-order valence-corrected chi connectivity index (χ3v) is 5.11. The summed E-state index contributed by atoms with van der Waals surface area (Å²) < 4.78 is 15.5. The number of anilines is 1. The van der Waals surface area contributed by atoms with E-state index in [1.165, 1.54) is 20.3 Å². The summed E-state index contributed by atoms with van der Waals surface area (Å²) in [6.45, 7) is 3.69. The van der Waals surface area contributed by atoms with Crippen LogP contribution in [0.25, 0.3) is 0 Å². The predicted octanol–water partition coefficient (Wildman–Crippen LogP) is 0.954. The van der Waals surface area contributed by atoms with Crippen LogP contribution in [-0.2, 0) is 14.3 Å². The van der Waals surface area contributed by atoms with Crippen molar-refractivity contribution in [2.24, 2.45) is 5.92 Å². The van der Waals surface area contributed by atoms with Gasteiger partial charge in [-0.05, 0) is 12.5 Å². The van der Waals surface area contributed by atoms with E-state index in [9.17, 15) is 9.59 Å². The van der Waals surface area contributed by atoms with Crippen LogP contribution in [0.15, 0.2) is 6.07 Å². The molecule has 0 bridgehead atoms. The van der Waals surface area contributed by atoms with Crippen molar-refractivity contribution >= 4 is 29.3 Å². The van der Waals surface area contributed by atoms with Crippen molar-refractivity contribution in [1.82, 2.24) is 15.2 Å². The SMILES string of the molecule is COC(=O)[C@H](C)CN1CC[C@H](NC(=O)c2cc(Cl)c(N)nc2OC)[C@H](OC)C1. The molecular formula is C18H27ClN4O5. The van der Waals surface area contributed by atoms with Gasteiger partial charge >= 0.3 is 5.97 Å². The Balaban J connectivity index is 2.04. The highest BCUT2D eigenvalue weighted by Gasteiger charge is 2.32. The molecule has 28 heavy (non-hydrogen) atoms. The number of rotatable bonds is 7. The number of aromatic nitrogens is 1. The van der Waals surface area contributed by atoms with Crippen LogP contribution in [0, 0.1) is 5.92 Å². The summed E-state index contributed by atoms with van der Waals surface area (Å²) in [5.41, 5.74) is 5.87. The van der Waals surface area contributed by atoms with E-state index >= 15 is 0 Å². The van der Waals surface area contributed by atoms with Crippen molar-refractivity contribution in [3.8, 4) is 5.88 Å². The smallest absolute Gasteiger partial charge is 0.309 e. The minimum Gasteiger partial charge on any atom is -0.480 e. The van der Waals surface area contributed by atoms with Gasteiger partial charge in [-0.15, -0.1) is 0 Å². The van der Waals surface area contributed by atoms with Gasteiger partial charge < -0.3 is 25.3 Å². The number of carbonyl (C=O) groups is 2. The van der Waals surface area contributed by atoms with Crippen molar-refractivity contribution in [2.45, 2.75) is 25.5 Å². The number of esters is 1. The third kappa shape index (κ3) is 5.24. The molecule has 0 radical (unpaired) electrons. The molecule has 9 nitrogen and oxygen atoms in total. The quantitative estimate of drug-likeness (QED) is 0.633. The monoisotopic (exact) mass is 414 g/mol. The summed E-state index contributed by atoms with van der Waals surface area (Å²) >= 11 is 6.00. The summed E-state index contributed by atoms with van der Waals surface area (Å²) in [5, 5.41) is 3.15. The maximum atomic E-state index is 12.7. The number of carbonyl (C=O) groups excluding carboxylic acids is 2. The van der Waals surface area contributed by atoms with Gasteiger partial charge in [0.05, 0.1) is 37.3 Å². The van der Waals surface area contributed by atoms with E-state index in [-0.39, 0.29) is 52.2 Å². The van der Waals surface area contributed by atoms with Gasteiger partial charge in [0.2, 0.25) is 5.88 Å². The number of hydrogen-bond acceptors (Lipinski definition) is 8. The highest BCUT2D eigenvalue weighted by Crippen LogP contribution is 2.25. The standard InChI is InChI=1S/C18H27ClN4O5/c1-10(18(25)28-4)8-23-6-5-13(14(9-23)26-2)21-16(24)11-7-12(19)15(20)22-17(11)27-3/h7,10,13-14H,5-6,8-9H2,1-4H3,(H2,20,22)(H,21,24)/t10-,13+,14-/m1/s1. The van der Waals surface area contributed by atoms with Crippen molar-refractivity contribution < 1.29 is 23.8 Å². The lowest BCUT2D eigenvalue weighted by molar-refractivity contribution is -0.145. The van der Waals surface area contributed by atoms with E-state index in [0.717, 1.165) is 0 Å². The first kappa shape index (κ1) is 22.2. The number of pyridine rings is 1. The van der Waals surface area contributed by atoms with Gasteiger partial charge in [0, 0.05) is 26.7 Å². The summed E-state index contributed by atoms with van der Waals surface area (Å²) in [4.78, 5) is 30.5. The lowest BCUT2D eigenvalue weighted by atomic mass is 9.99. The molecule has 1 amide bonds. The number of nitrogens with zero attached hydrogens (tertiary/aromatic N) is 2. The molecule has 1 saturated heterocycles. The second kappa shape index (κ2) is 9.90. The number of piperidine rings is 1. The van der Waals surface area contributed by atoms with Crippen LogP contribution in [0.4, 0.5) is 5.82 Å². The number of ether oxygens (including phenoxy) is 3. The zero-order valence-corrected chi connectivity index (χ0v) is 17.3. The maximum absolute atomic E-state index is 12.7. The number of nitrogen functional groups attached to an aromatic ring is 1. The maximum Gasteiger partial charge on any atom is 0.309 e. The van der Waals surface area contributed by atoms with Gasteiger partial charge in [0.25, 0.3) is 5.91 Å². The van der Waals surface area contributed by atoms with Crippen molar-refractivity contribution in [2.75, 3.05) is 46.7 Å². The van der Waals surface area contributed by atoms with Crippen molar-refractivity contribution in [1.29, 1.82) is 0 Å². The molecular weight excluding hydrogens is 388 g/mol. The van der Waals surface area contributed by atoms with Crippen molar-refractivity contribution in [3.63, 3.8) is 0 Å². The number of amides is 1. The molecule has 1 aromatic heterocycles. The van der Waals surface area contributed by atoms with E-state index in [1.54, 1.807) is 7.11 Å². The average molecular weight is 415 g/mol. The number of methoxy groups -OCH3 is 3. The molecule has 10 heteroatoms. The summed E-state index contributed by atoms with van der Waals surface area (Å²) in [5.74, 6) is -0.643. The first-order chi connectivity index (χ1) is 13.3. The molecule has 0 spiro atoms. The second-order valence-corrected chi connectivity index (χ2v) is 7.15. The fraction of sp³-hybridized carbons (Fsp3) is 0.611. The minimum absolute atomic E-state index is 0.0952. The summed E-state index contributed by atoms with van der Waals surface area (Å²) in [7, 11) is 4.38. The minimum atomic E-state index is -0.366. The Bertz CT molecular complexity index is 717. The molecule has 2 rings (SSSR count). The first-order valence-electron chi connectivity index (χ1n) is 8.94. The lowest BCUT2D eigenvalue weighted by Crippen LogP contribution is -2.55. The number of likely N-dealkylation sites (tertiary alicyclic amines) is 1. The largest absolute Gasteiger partial charge is 0.480 e. The molecule has 0 aliphatic carbocycles. The van der Waals surface area contributed by atoms with Crippen LogP contribution in [0.5, 0.6) is 5.88 Å². The van der Waals surface area contributed by atoms with Crippen molar-refractivity contribution in [3.05, 3.63) is 16.7 Å². The lowest BCUT2D eigenvalue weighted by Gasteiger charge is -2.38. The Labute approximate surface area is 169 Å². The molecule has 1 aromatic rings. The van der Waals surface area contributed by atoms with Gasteiger partial charge in [0.1, 0.15) is 11.4 Å². The topological polar surface area (TPSA) is 116 Å². The molecule has 1 aliphatic heterocycles. The fourth-order valence-electron chi connectivity index (χ4n) is 3.26. The Morgan fingerprint density at radius 3 is 2.75 bits per heavy atom. The molecule has 1 fully saturated rings. The average Bonchev–Trinajstić information content (AvgIpc) is 2.69. The van der Waals surface area contributed by atoms with E-state index in [1.807, 2.05) is 6.92 Å². The molecule has 0 saturated carbocycles. The molecule has 1 aliphatic rings. The van der Waals surface area contributed by atoms with Crippen LogP contribution < -0.4 is 15.8 Å². The molecule has 156 valence electrons. The number of hydrogen-bond donors (Lipinski definition) is 2. The molecule has 3 atom stereocenters. The Kier molecular flexibility index (Phi) is 7.85. The zero-order valence-electron chi connectivity index (χ0n) is 16.5. The van der Waals surface area contributed by atoms with Gasteiger partial charge in [-0.1, -0.05) is 18.5 Å². The Hall–Kier alpha value is -2.10. The third-order valence-electron chi connectivity index (χ3n) is 4.80. The molecule has 2 heterocycles. The van der Waals surface area contributed by atoms with Gasteiger partial charge in [0.15, 0.2) is 0 Å². The van der Waals surface area contributed by atoms with Crippen LogP contribution >= 0.6 is 11.6 Å². The highest BCUT2D eigenvalue weighted by atomic mass is 35.5. The van der Waals surface area contributed by atoms with E-state index in [4.69, 9.17) is 31.5 Å². The van der Waals surface area contributed by atoms with Crippen LogP contribution in [0.2, 0.25) is 5.02 Å². The molecule has 0 unspecified atom stereocenters. The van der Waals surface area contributed by atoms with E-state index in [2.05, 4.69) is 15.2 Å². The summed E-state index contributed by atoms with van der Waals surface area (Å²) in [6.07, 6.45) is 0.432. The normalized spacial score (nSPS) is 21.0. The second-order valence-electron chi connectivity index (χ2n) is 6.74.